The van der Waals surface area contributed by atoms with Gasteiger partial charge in [0, 0.05) is 12.1 Å². The molecule has 1 aromatic heterocycles. The predicted octanol–water partition coefficient (Wildman–Crippen LogP) is 4.58. The van der Waals surface area contributed by atoms with Gasteiger partial charge >= 0.3 is 0 Å². The summed E-state index contributed by atoms with van der Waals surface area (Å²) in [6.07, 6.45) is 1.02. The van der Waals surface area contributed by atoms with Crippen LogP contribution in [0.4, 0.5) is 5.69 Å². The number of methoxy groups -OCH3 is 1. The van der Waals surface area contributed by atoms with Crippen LogP contribution in [0.1, 0.15) is 23.4 Å². The highest BCUT2D eigenvalue weighted by Gasteiger charge is 2.12. The summed E-state index contributed by atoms with van der Waals surface area (Å²) < 4.78 is 6.76. The van der Waals surface area contributed by atoms with E-state index in [4.69, 9.17) is 4.74 Å². The lowest BCUT2D eigenvalue weighted by Crippen LogP contribution is -2.22. The van der Waals surface area contributed by atoms with Gasteiger partial charge in [-0.15, -0.1) is 0 Å². The van der Waals surface area contributed by atoms with Gasteiger partial charge in [0.25, 0.3) is 5.56 Å². The number of para-hydroxylation sites is 1. The number of hydrogen-bond acceptors (Lipinski definition) is 4. The minimum absolute atomic E-state index is 0.0580. The second kappa shape index (κ2) is 9.06. The Morgan fingerprint density at radius 1 is 1.03 bits per heavy atom. The zero-order valence-electron chi connectivity index (χ0n) is 18.4. The first-order valence-electron chi connectivity index (χ1n) is 10.5. The fraction of sp³-hybridized carbons (Fsp3) is 0.192. The van der Waals surface area contributed by atoms with Crippen LogP contribution < -0.4 is 15.6 Å². The van der Waals surface area contributed by atoms with Crippen molar-refractivity contribution in [3.05, 3.63) is 94.0 Å². The lowest BCUT2D eigenvalue weighted by atomic mass is 10.1. The Morgan fingerprint density at radius 2 is 1.78 bits per heavy atom. The van der Waals surface area contributed by atoms with Gasteiger partial charge in [0.05, 0.1) is 23.7 Å². The van der Waals surface area contributed by atoms with Crippen LogP contribution in [0.2, 0.25) is 0 Å². The minimum Gasteiger partial charge on any atom is -0.497 e. The van der Waals surface area contributed by atoms with E-state index in [1.807, 2.05) is 74.5 Å². The number of carbonyl (C=O) groups excluding carboxylic acids is 1. The van der Waals surface area contributed by atoms with E-state index < -0.39 is 0 Å². The van der Waals surface area contributed by atoms with Gasteiger partial charge in [0.15, 0.2) is 0 Å². The van der Waals surface area contributed by atoms with E-state index in [1.54, 1.807) is 17.7 Å². The first-order chi connectivity index (χ1) is 15.5. The second-order valence-corrected chi connectivity index (χ2v) is 7.71. The van der Waals surface area contributed by atoms with Gasteiger partial charge in [-0.25, -0.2) is 4.98 Å². The number of anilines is 1. The molecule has 4 rings (SSSR count). The molecule has 1 heterocycles. The fourth-order valence-corrected chi connectivity index (χ4v) is 3.74. The molecule has 0 fully saturated rings. The summed E-state index contributed by atoms with van der Waals surface area (Å²) in [6, 6.07) is 20.6. The van der Waals surface area contributed by atoms with Crippen molar-refractivity contribution in [2.75, 3.05) is 12.4 Å². The molecule has 0 aliphatic heterocycles. The molecule has 3 aromatic carbocycles. The molecule has 0 unspecified atom stereocenters. The summed E-state index contributed by atoms with van der Waals surface area (Å²) >= 11 is 0. The largest absolute Gasteiger partial charge is 0.497 e. The lowest BCUT2D eigenvalue weighted by Gasteiger charge is -2.14. The number of carbonyl (C=O) groups is 1. The number of benzene rings is 3. The molecule has 0 spiro atoms. The lowest BCUT2D eigenvalue weighted by molar-refractivity contribution is -0.116. The Hall–Kier alpha value is -3.93. The summed E-state index contributed by atoms with van der Waals surface area (Å²) in [5.41, 5.74) is 3.98. The summed E-state index contributed by atoms with van der Waals surface area (Å²) in [5.74, 6) is 1.35. The SMILES string of the molecule is COc1ccc(CCC(=O)Nc2ccc(-n3c(C)nc4ccccc4c3=O)cc2C)cc1. The van der Waals surface area contributed by atoms with E-state index in [0.717, 1.165) is 28.3 Å². The van der Waals surface area contributed by atoms with Crippen LogP contribution in [0.3, 0.4) is 0 Å². The first kappa shape index (κ1) is 21.3. The van der Waals surface area contributed by atoms with E-state index in [1.165, 1.54) is 0 Å². The molecule has 162 valence electrons. The average molecular weight is 428 g/mol. The average Bonchev–Trinajstić information content (AvgIpc) is 2.80. The van der Waals surface area contributed by atoms with Crippen LogP contribution in [0.15, 0.2) is 71.5 Å². The van der Waals surface area contributed by atoms with Crippen LogP contribution >= 0.6 is 0 Å². The van der Waals surface area contributed by atoms with Gasteiger partial charge in [0.2, 0.25) is 5.91 Å². The van der Waals surface area contributed by atoms with Gasteiger partial charge in [-0.05, 0) is 73.9 Å². The summed E-state index contributed by atoms with van der Waals surface area (Å²) in [6.45, 7) is 3.73. The van der Waals surface area contributed by atoms with Crippen molar-refractivity contribution in [1.82, 2.24) is 9.55 Å². The van der Waals surface area contributed by atoms with E-state index >= 15 is 0 Å². The molecule has 0 aliphatic carbocycles. The van der Waals surface area contributed by atoms with Crippen molar-refractivity contribution in [1.29, 1.82) is 0 Å². The van der Waals surface area contributed by atoms with Crippen LogP contribution in [-0.2, 0) is 11.2 Å². The van der Waals surface area contributed by atoms with Crippen molar-refractivity contribution in [3.63, 3.8) is 0 Å². The van der Waals surface area contributed by atoms with Crippen LogP contribution in [0, 0.1) is 13.8 Å². The van der Waals surface area contributed by atoms with Gasteiger partial charge in [0.1, 0.15) is 11.6 Å². The second-order valence-electron chi connectivity index (χ2n) is 7.71. The third-order valence-electron chi connectivity index (χ3n) is 5.49. The van der Waals surface area contributed by atoms with Gasteiger partial charge in [-0.1, -0.05) is 24.3 Å². The molecule has 0 saturated heterocycles. The van der Waals surface area contributed by atoms with Gasteiger partial charge in [-0.3, -0.25) is 14.2 Å². The molecule has 1 amide bonds. The molecule has 6 heteroatoms. The first-order valence-corrected chi connectivity index (χ1v) is 10.5. The van der Waals surface area contributed by atoms with Crippen molar-refractivity contribution in [2.24, 2.45) is 0 Å². The molecular weight excluding hydrogens is 402 g/mol. The number of aryl methyl sites for hydroxylation is 3. The number of nitrogens with one attached hydrogen (secondary N) is 1. The minimum atomic E-state index is -0.108. The molecule has 4 aromatic rings. The molecule has 32 heavy (non-hydrogen) atoms. The standard InChI is InChI=1S/C26H25N3O3/c1-17-16-20(29-18(2)27-24-7-5-4-6-22(24)26(29)31)11-14-23(17)28-25(30)15-10-19-8-12-21(32-3)13-9-19/h4-9,11-14,16H,10,15H2,1-3H3,(H,28,30). The maximum absolute atomic E-state index is 13.0. The van der Waals surface area contributed by atoms with E-state index in [2.05, 4.69) is 10.3 Å². The van der Waals surface area contributed by atoms with E-state index in [0.29, 0.717) is 29.6 Å². The molecule has 0 radical (unpaired) electrons. The summed E-state index contributed by atoms with van der Waals surface area (Å²) in [5, 5.41) is 3.55. The number of fused-ring (bicyclic) bond motifs is 1. The maximum Gasteiger partial charge on any atom is 0.265 e. The number of ether oxygens (including phenoxy) is 1. The highest BCUT2D eigenvalue weighted by molar-refractivity contribution is 5.91. The Balaban J connectivity index is 1.50. The highest BCUT2D eigenvalue weighted by Crippen LogP contribution is 2.21. The molecule has 0 saturated carbocycles. The molecule has 0 aliphatic rings. The monoisotopic (exact) mass is 427 g/mol. The van der Waals surface area contributed by atoms with Crippen LogP contribution in [0.5, 0.6) is 5.75 Å². The van der Waals surface area contributed by atoms with E-state index in [-0.39, 0.29) is 11.5 Å². The summed E-state index contributed by atoms with van der Waals surface area (Å²) in [4.78, 5) is 30.1. The third-order valence-corrected chi connectivity index (χ3v) is 5.49. The topological polar surface area (TPSA) is 73.2 Å². The van der Waals surface area contributed by atoms with Gasteiger partial charge < -0.3 is 10.1 Å². The third kappa shape index (κ3) is 4.39. The zero-order valence-corrected chi connectivity index (χ0v) is 18.4. The van der Waals surface area contributed by atoms with Crippen molar-refractivity contribution in [2.45, 2.75) is 26.7 Å². The van der Waals surface area contributed by atoms with E-state index in [9.17, 15) is 9.59 Å². The van der Waals surface area contributed by atoms with Crippen molar-refractivity contribution < 1.29 is 9.53 Å². The number of aromatic nitrogens is 2. The van der Waals surface area contributed by atoms with Gasteiger partial charge in [-0.2, -0.15) is 0 Å². The molecule has 0 atom stereocenters. The van der Waals surface area contributed by atoms with Crippen LogP contribution in [0.25, 0.3) is 16.6 Å². The number of hydrogen-bond donors (Lipinski definition) is 1. The maximum atomic E-state index is 13.0. The molecule has 6 nitrogen and oxygen atoms in total. The number of rotatable bonds is 6. The smallest absolute Gasteiger partial charge is 0.265 e. The molecular formula is C26H25N3O3. The van der Waals surface area contributed by atoms with Crippen LogP contribution in [-0.4, -0.2) is 22.6 Å². The van der Waals surface area contributed by atoms with Crippen molar-refractivity contribution in [3.8, 4) is 11.4 Å². The normalized spacial score (nSPS) is 10.8. The molecule has 0 bridgehead atoms. The summed E-state index contributed by atoms with van der Waals surface area (Å²) in [7, 11) is 1.63. The van der Waals surface area contributed by atoms with Crippen molar-refractivity contribution >= 4 is 22.5 Å². The number of nitrogens with zero attached hydrogens (tertiary/aromatic N) is 2. The quantitative estimate of drug-likeness (QED) is 0.489. The zero-order chi connectivity index (χ0) is 22.7. The Bertz CT molecular complexity index is 1340. The Morgan fingerprint density at radius 3 is 2.50 bits per heavy atom. The highest BCUT2D eigenvalue weighted by atomic mass is 16.5. The number of amides is 1. The predicted molar refractivity (Wildman–Crippen MR) is 127 cm³/mol. The fourth-order valence-electron chi connectivity index (χ4n) is 3.74. The Kier molecular flexibility index (Phi) is 6.03. The molecule has 1 N–H and O–H groups in total. The Labute approximate surface area is 186 Å².